The lowest BCUT2D eigenvalue weighted by Gasteiger charge is -2.21. The topological polar surface area (TPSA) is 41.6 Å². The van der Waals surface area contributed by atoms with Crippen LogP contribution in [0.3, 0.4) is 0 Å². The van der Waals surface area contributed by atoms with E-state index in [1.54, 1.807) is 14.2 Å². The summed E-state index contributed by atoms with van der Waals surface area (Å²) in [5.74, 6) is -0.0371. The van der Waals surface area contributed by atoms with Gasteiger partial charge in [-0.1, -0.05) is 12.1 Å². The van der Waals surface area contributed by atoms with E-state index in [0.29, 0.717) is 11.6 Å². The molecule has 0 bridgehead atoms. The lowest BCUT2D eigenvalue weighted by Crippen LogP contribution is -2.29. The first-order valence-electron chi connectivity index (χ1n) is 6.78. The molecule has 0 saturated heterocycles. The second-order valence-electron chi connectivity index (χ2n) is 4.97. The summed E-state index contributed by atoms with van der Waals surface area (Å²) >= 11 is 0. The molecule has 1 amide bonds. The smallest absolute Gasteiger partial charge is 0.251 e. The maximum atomic E-state index is 11.5. The minimum absolute atomic E-state index is 0.0371. The van der Waals surface area contributed by atoms with Crippen molar-refractivity contribution in [3.05, 3.63) is 35.4 Å². The first kappa shape index (κ1) is 14.0. The summed E-state index contributed by atoms with van der Waals surface area (Å²) in [4.78, 5) is 13.9. The summed E-state index contributed by atoms with van der Waals surface area (Å²) < 4.78 is 5.16. The molecule has 1 aromatic carbocycles. The number of rotatable bonds is 7. The van der Waals surface area contributed by atoms with E-state index in [-0.39, 0.29) is 5.91 Å². The molecule has 1 aromatic rings. The highest BCUT2D eigenvalue weighted by Gasteiger charge is 2.28. The zero-order valence-corrected chi connectivity index (χ0v) is 11.7. The van der Waals surface area contributed by atoms with Crippen LogP contribution in [-0.2, 0) is 11.3 Å². The summed E-state index contributed by atoms with van der Waals surface area (Å²) in [7, 11) is 3.39. The second kappa shape index (κ2) is 6.68. The van der Waals surface area contributed by atoms with Crippen molar-refractivity contribution in [3.63, 3.8) is 0 Å². The predicted molar refractivity (Wildman–Crippen MR) is 75.1 cm³/mol. The van der Waals surface area contributed by atoms with Gasteiger partial charge in [0.1, 0.15) is 0 Å². The number of ether oxygens (including phenoxy) is 1. The van der Waals surface area contributed by atoms with Crippen molar-refractivity contribution in [2.75, 3.05) is 27.3 Å². The average Bonchev–Trinajstić information content (AvgIpc) is 3.28. The van der Waals surface area contributed by atoms with Crippen molar-refractivity contribution in [1.82, 2.24) is 10.2 Å². The zero-order chi connectivity index (χ0) is 13.7. The Hall–Kier alpha value is -1.39. The Kier molecular flexibility index (Phi) is 4.93. The lowest BCUT2D eigenvalue weighted by atomic mass is 10.1. The average molecular weight is 262 g/mol. The normalized spacial score (nSPS) is 14.7. The molecule has 0 heterocycles. The van der Waals surface area contributed by atoms with E-state index in [9.17, 15) is 4.79 Å². The number of hydrogen-bond donors (Lipinski definition) is 1. The van der Waals surface area contributed by atoms with E-state index in [1.165, 1.54) is 18.4 Å². The zero-order valence-electron chi connectivity index (χ0n) is 11.7. The van der Waals surface area contributed by atoms with Crippen LogP contribution in [0, 0.1) is 0 Å². The minimum Gasteiger partial charge on any atom is -0.383 e. The highest BCUT2D eigenvalue weighted by Crippen LogP contribution is 2.28. The van der Waals surface area contributed by atoms with Crippen molar-refractivity contribution in [2.45, 2.75) is 25.4 Å². The summed E-state index contributed by atoms with van der Waals surface area (Å²) in [6.07, 6.45) is 2.58. The molecule has 1 fully saturated rings. The second-order valence-corrected chi connectivity index (χ2v) is 4.97. The third kappa shape index (κ3) is 4.04. The van der Waals surface area contributed by atoms with Crippen molar-refractivity contribution in [3.8, 4) is 0 Å². The van der Waals surface area contributed by atoms with Crippen molar-refractivity contribution in [2.24, 2.45) is 0 Å². The van der Waals surface area contributed by atoms with E-state index < -0.39 is 0 Å². The van der Waals surface area contributed by atoms with Crippen LogP contribution >= 0.6 is 0 Å². The first-order valence-corrected chi connectivity index (χ1v) is 6.78. The molecule has 4 heteroatoms. The summed E-state index contributed by atoms with van der Waals surface area (Å²) in [5.41, 5.74) is 1.96. The van der Waals surface area contributed by atoms with Crippen LogP contribution in [0.25, 0.3) is 0 Å². The molecule has 1 aliphatic rings. The van der Waals surface area contributed by atoms with Crippen LogP contribution < -0.4 is 5.32 Å². The van der Waals surface area contributed by atoms with E-state index in [4.69, 9.17) is 4.74 Å². The number of benzene rings is 1. The van der Waals surface area contributed by atoms with Crippen molar-refractivity contribution >= 4 is 5.91 Å². The van der Waals surface area contributed by atoms with Crippen LogP contribution in [0.1, 0.15) is 28.8 Å². The fourth-order valence-corrected chi connectivity index (χ4v) is 2.18. The monoisotopic (exact) mass is 262 g/mol. The highest BCUT2D eigenvalue weighted by atomic mass is 16.5. The molecule has 0 aromatic heterocycles. The van der Waals surface area contributed by atoms with Gasteiger partial charge < -0.3 is 10.1 Å². The Bertz CT molecular complexity index is 413. The van der Waals surface area contributed by atoms with Gasteiger partial charge in [-0.2, -0.15) is 0 Å². The molecule has 1 saturated carbocycles. The van der Waals surface area contributed by atoms with Crippen LogP contribution in [0.5, 0.6) is 0 Å². The maximum absolute atomic E-state index is 11.5. The number of amides is 1. The SMILES string of the molecule is CNC(=O)c1ccc(CN(CCOC)C2CC2)cc1. The van der Waals surface area contributed by atoms with Crippen molar-refractivity contribution < 1.29 is 9.53 Å². The summed E-state index contributed by atoms with van der Waals surface area (Å²) in [6, 6.07) is 8.55. The molecule has 0 unspecified atom stereocenters. The Morgan fingerprint density at radius 1 is 1.37 bits per heavy atom. The molecular weight excluding hydrogens is 240 g/mol. The van der Waals surface area contributed by atoms with Gasteiger partial charge in [-0.15, -0.1) is 0 Å². The lowest BCUT2D eigenvalue weighted by molar-refractivity contribution is 0.0963. The summed E-state index contributed by atoms with van der Waals surface area (Å²) in [5, 5.41) is 2.63. The Morgan fingerprint density at radius 2 is 2.05 bits per heavy atom. The fourth-order valence-electron chi connectivity index (χ4n) is 2.18. The van der Waals surface area contributed by atoms with Crippen LogP contribution in [0.15, 0.2) is 24.3 Å². The van der Waals surface area contributed by atoms with Gasteiger partial charge in [0.25, 0.3) is 5.91 Å². The molecule has 0 aliphatic heterocycles. The highest BCUT2D eigenvalue weighted by molar-refractivity contribution is 5.93. The summed E-state index contributed by atoms with van der Waals surface area (Å²) in [6.45, 7) is 2.67. The first-order chi connectivity index (χ1) is 9.24. The Labute approximate surface area is 114 Å². The molecule has 0 atom stereocenters. The minimum atomic E-state index is -0.0371. The van der Waals surface area contributed by atoms with E-state index >= 15 is 0 Å². The van der Waals surface area contributed by atoms with Crippen LogP contribution in [0.4, 0.5) is 0 Å². The van der Waals surface area contributed by atoms with Crippen LogP contribution in [0.2, 0.25) is 0 Å². The molecular formula is C15H22N2O2. The molecule has 1 N–H and O–H groups in total. The van der Waals surface area contributed by atoms with Gasteiger partial charge in [0.2, 0.25) is 0 Å². The fraction of sp³-hybridized carbons (Fsp3) is 0.533. The number of hydrogen-bond acceptors (Lipinski definition) is 3. The number of carbonyl (C=O) groups excluding carboxylic acids is 1. The third-order valence-corrected chi connectivity index (χ3v) is 3.47. The molecule has 1 aliphatic carbocycles. The number of nitrogens with one attached hydrogen (secondary N) is 1. The molecule has 0 spiro atoms. The van der Waals surface area contributed by atoms with Crippen molar-refractivity contribution in [1.29, 1.82) is 0 Å². The van der Waals surface area contributed by atoms with Gasteiger partial charge in [0.05, 0.1) is 6.61 Å². The Balaban J connectivity index is 1.95. The van der Waals surface area contributed by atoms with Gasteiger partial charge in [0, 0.05) is 38.9 Å². The third-order valence-electron chi connectivity index (χ3n) is 3.47. The van der Waals surface area contributed by atoms with Crippen LogP contribution in [-0.4, -0.2) is 44.2 Å². The molecule has 4 nitrogen and oxygen atoms in total. The number of carbonyl (C=O) groups is 1. The number of nitrogens with zero attached hydrogens (tertiary/aromatic N) is 1. The van der Waals surface area contributed by atoms with E-state index in [2.05, 4.69) is 10.2 Å². The quantitative estimate of drug-likeness (QED) is 0.812. The van der Waals surface area contributed by atoms with E-state index in [1.807, 2.05) is 24.3 Å². The van der Waals surface area contributed by atoms with Gasteiger partial charge in [0.15, 0.2) is 0 Å². The number of methoxy groups -OCH3 is 1. The molecule has 0 radical (unpaired) electrons. The standard InChI is InChI=1S/C15H22N2O2/c1-16-15(18)13-5-3-12(4-6-13)11-17(9-10-19-2)14-7-8-14/h3-6,14H,7-11H2,1-2H3,(H,16,18). The molecule has 104 valence electrons. The molecule has 19 heavy (non-hydrogen) atoms. The van der Waals surface area contributed by atoms with E-state index in [0.717, 1.165) is 19.7 Å². The van der Waals surface area contributed by atoms with Gasteiger partial charge in [-0.25, -0.2) is 0 Å². The van der Waals surface area contributed by atoms with Gasteiger partial charge in [-0.05, 0) is 30.5 Å². The van der Waals surface area contributed by atoms with Gasteiger partial charge >= 0.3 is 0 Å². The van der Waals surface area contributed by atoms with Gasteiger partial charge in [-0.3, -0.25) is 9.69 Å². The predicted octanol–water partition coefficient (Wildman–Crippen LogP) is 1.66. The maximum Gasteiger partial charge on any atom is 0.251 e. The Morgan fingerprint density at radius 3 is 2.58 bits per heavy atom. The largest absolute Gasteiger partial charge is 0.383 e. The molecule has 2 rings (SSSR count).